The van der Waals surface area contributed by atoms with Gasteiger partial charge in [0, 0.05) is 32.6 Å². The minimum absolute atomic E-state index is 0.145. The summed E-state index contributed by atoms with van der Waals surface area (Å²) in [5.41, 5.74) is 2.42. The highest BCUT2D eigenvalue weighted by Gasteiger charge is 2.30. The summed E-state index contributed by atoms with van der Waals surface area (Å²) in [6.07, 6.45) is 2.10. The molecule has 3 rings (SSSR count). The Hall–Kier alpha value is -2.44. The molecule has 27 heavy (non-hydrogen) atoms. The van der Waals surface area contributed by atoms with Gasteiger partial charge in [-0.2, -0.15) is 0 Å². The van der Waals surface area contributed by atoms with E-state index in [9.17, 15) is 9.59 Å². The van der Waals surface area contributed by atoms with Crippen LogP contribution in [0.2, 0.25) is 0 Å². The number of fused-ring (bicyclic) bond motifs is 1. The first-order valence-electron chi connectivity index (χ1n) is 9.51. The zero-order valence-corrected chi connectivity index (χ0v) is 16.3. The fourth-order valence-electron chi connectivity index (χ4n) is 3.92. The number of piperazine rings is 1. The Labute approximate surface area is 160 Å². The van der Waals surface area contributed by atoms with E-state index in [1.807, 2.05) is 17.0 Å². The molecule has 1 heterocycles. The van der Waals surface area contributed by atoms with Gasteiger partial charge in [0.25, 0.3) is 0 Å². The fourth-order valence-corrected chi connectivity index (χ4v) is 3.92. The molecule has 1 aliphatic heterocycles. The van der Waals surface area contributed by atoms with Crippen LogP contribution in [0.15, 0.2) is 12.1 Å². The predicted molar refractivity (Wildman–Crippen MR) is 100 cm³/mol. The maximum Gasteiger partial charge on any atom is 0.409 e. The third kappa shape index (κ3) is 4.12. The van der Waals surface area contributed by atoms with Crippen LogP contribution in [0.3, 0.4) is 0 Å². The lowest BCUT2D eigenvalue weighted by molar-refractivity contribution is -0.133. The van der Waals surface area contributed by atoms with Gasteiger partial charge in [-0.05, 0) is 48.9 Å². The summed E-state index contributed by atoms with van der Waals surface area (Å²) in [7, 11) is 3.26. The van der Waals surface area contributed by atoms with Gasteiger partial charge in [-0.25, -0.2) is 4.79 Å². The molecule has 0 aromatic heterocycles. The summed E-state index contributed by atoms with van der Waals surface area (Å²) in [5, 5.41) is 0. The van der Waals surface area contributed by atoms with Crippen molar-refractivity contribution in [3.05, 3.63) is 23.3 Å². The van der Waals surface area contributed by atoms with Gasteiger partial charge in [0.2, 0.25) is 5.91 Å². The van der Waals surface area contributed by atoms with Gasteiger partial charge < -0.3 is 24.0 Å². The third-order valence-corrected chi connectivity index (χ3v) is 5.43. The molecular formula is C20H28N2O5. The molecule has 7 nitrogen and oxygen atoms in total. The second-order valence-corrected chi connectivity index (χ2v) is 6.91. The summed E-state index contributed by atoms with van der Waals surface area (Å²) >= 11 is 0. The average molecular weight is 376 g/mol. The van der Waals surface area contributed by atoms with E-state index >= 15 is 0 Å². The Morgan fingerprint density at radius 1 is 1.04 bits per heavy atom. The molecule has 0 N–H and O–H groups in total. The van der Waals surface area contributed by atoms with Crippen LogP contribution < -0.4 is 9.47 Å². The molecular weight excluding hydrogens is 348 g/mol. The third-order valence-electron chi connectivity index (χ3n) is 5.43. The minimum atomic E-state index is -0.296. The number of benzene rings is 1. The fraction of sp³-hybridized carbons (Fsp3) is 0.600. The van der Waals surface area contributed by atoms with Crippen LogP contribution in [-0.2, 0) is 16.0 Å². The lowest BCUT2D eigenvalue weighted by Crippen LogP contribution is -2.50. The molecule has 148 valence electrons. The largest absolute Gasteiger partial charge is 0.493 e. The van der Waals surface area contributed by atoms with Crippen LogP contribution in [0.5, 0.6) is 11.5 Å². The molecule has 0 radical (unpaired) electrons. The standard InChI is InChI=1S/C20H28N2O5/c1-4-27-20(24)22-9-7-21(8-10-22)19(23)12-15-6-5-14-11-17(25-2)18(26-3)13-16(14)15/h11,13,15H,4-10,12H2,1-3H3. The monoisotopic (exact) mass is 376 g/mol. The molecule has 1 aliphatic carbocycles. The van der Waals surface area contributed by atoms with Crippen LogP contribution in [-0.4, -0.2) is 68.8 Å². The van der Waals surface area contributed by atoms with E-state index in [0.717, 1.165) is 18.6 Å². The zero-order valence-electron chi connectivity index (χ0n) is 16.3. The first-order valence-corrected chi connectivity index (χ1v) is 9.51. The molecule has 1 aromatic carbocycles. The van der Waals surface area contributed by atoms with Crippen molar-refractivity contribution >= 4 is 12.0 Å². The van der Waals surface area contributed by atoms with Gasteiger partial charge in [0.15, 0.2) is 11.5 Å². The molecule has 1 aromatic rings. The van der Waals surface area contributed by atoms with Crippen molar-refractivity contribution < 1.29 is 23.8 Å². The van der Waals surface area contributed by atoms with Gasteiger partial charge in [0.1, 0.15) is 0 Å². The number of methoxy groups -OCH3 is 2. The number of hydrogen-bond acceptors (Lipinski definition) is 5. The number of carbonyl (C=O) groups excluding carboxylic acids is 2. The first kappa shape index (κ1) is 19.3. The Kier molecular flexibility index (Phi) is 6.08. The Morgan fingerprint density at radius 3 is 2.30 bits per heavy atom. The molecule has 7 heteroatoms. The Morgan fingerprint density at radius 2 is 1.67 bits per heavy atom. The lowest BCUT2D eigenvalue weighted by Gasteiger charge is -2.34. The smallest absolute Gasteiger partial charge is 0.409 e. The zero-order chi connectivity index (χ0) is 19.4. The van der Waals surface area contributed by atoms with Crippen LogP contribution >= 0.6 is 0 Å². The maximum absolute atomic E-state index is 12.8. The van der Waals surface area contributed by atoms with Crippen LogP contribution in [0, 0.1) is 0 Å². The van der Waals surface area contributed by atoms with E-state index in [2.05, 4.69) is 0 Å². The second-order valence-electron chi connectivity index (χ2n) is 6.91. The van der Waals surface area contributed by atoms with Crippen molar-refractivity contribution in [2.24, 2.45) is 0 Å². The van der Waals surface area contributed by atoms with Gasteiger partial charge in [-0.15, -0.1) is 0 Å². The topological polar surface area (TPSA) is 68.3 Å². The first-order chi connectivity index (χ1) is 13.1. The van der Waals surface area contributed by atoms with Gasteiger partial charge >= 0.3 is 6.09 Å². The highest BCUT2D eigenvalue weighted by atomic mass is 16.6. The number of ether oxygens (including phenoxy) is 3. The minimum Gasteiger partial charge on any atom is -0.493 e. The van der Waals surface area contributed by atoms with Crippen molar-refractivity contribution in [2.45, 2.75) is 32.1 Å². The number of hydrogen-bond donors (Lipinski definition) is 0. The average Bonchev–Trinajstić information content (AvgIpc) is 3.08. The number of amides is 2. The van der Waals surface area contributed by atoms with Crippen molar-refractivity contribution in [1.29, 1.82) is 0 Å². The summed E-state index contributed by atoms with van der Waals surface area (Å²) in [6.45, 7) is 4.33. The normalized spacial score (nSPS) is 18.9. The lowest BCUT2D eigenvalue weighted by atomic mass is 9.96. The van der Waals surface area contributed by atoms with Gasteiger partial charge in [0.05, 0.1) is 20.8 Å². The van der Waals surface area contributed by atoms with Crippen molar-refractivity contribution in [1.82, 2.24) is 9.80 Å². The van der Waals surface area contributed by atoms with Crippen molar-refractivity contribution in [2.75, 3.05) is 47.0 Å². The molecule has 2 aliphatic rings. The summed E-state index contributed by atoms with van der Waals surface area (Å²) in [4.78, 5) is 28.1. The summed E-state index contributed by atoms with van der Waals surface area (Å²) in [6, 6.07) is 4.04. The molecule has 1 fully saturated rings. The highest BCUT2D eigenvalue weighted by Crippen LogP contribution is 2.42. The SMILES string of the molecule is CCOC(=O)N1CCN(C(=O)CC2CCc3cc(OC)c(OC)cc32)CC1. The molecule has 0 bridgehead atoms. The summed E-state index contributed by atoms with van der Waals surface area (Å²) < 4.78 is 15.8. The van der Waals surface area contributed by atoms with Gasteiger partial charge in [-0.3, -0.25) is 4.79 Å². The molecule has 0 saturated carbocycles. The quantitative estimate of drug-likeness (QED) is 0.789. The number of carbonyl (C=O) groups is 2. The van der Waals surface area contributed by atoms with Crippen molar-refractivity contribution in [3.63, 3.8) is 0 Å². The molecule has 1 saturated heterocycles. The number of nitrogens with zero attached hydrogens (tertiary/aromatic N) is 2. The van der Waals surface area contributed by atoms with E-state index in [4.69, 9.17) is 14.2 Å². The van der Waals surface area contributed by atoms with Crippen LogP contribution in [0.25, 0.3) is 0 Å². The Balaban J connectivity index is 1.60. The van der Waals surface area contributed by atoms with E-state index < -0.39 is 0 Å². The van der Waals surface area contributed by atoms with Crippen molar-refractivity contribution in [3.8, 4) is 11.5 Å². The van der Waals surface area contributed by atoms with E-state index in [1.54, 1.807) is 26.0 Å². The van der Waals surface area contributed by atoms with Crippen LogP contribution in [0.1, 0.15) is 36.8 Å². The predicted octanol–water partition coefficient (Wildman–Crippen LogP) is 2.42. The molecule has 1 atom stereocenters. The second kappa shape index (κ2) is 8.50. The van der Waals surface area contributed by atoms with E-state index in [1.165, 1.54) is 11.1 Å². The molecule has 0 spiro atoms. The van der Waals surface area contributed by atoms with Gasteiger partial charge in [-0.1, -0.05) is 0 Å². The number of aryl methyl sites for hydroxylation is 1. The highest BCUT2D eigenvalue weighted by molar-refractivity contribution is 5.78. The van der Waals surface area contributed by atoms with E-state index in [0.29, 0.717) is 45.0 Å². The molecule has 2 amide bonds. The Bertz CT molecular complexity index is 698. The van der Waals surface area contributed by atoms with Crippen LogP contribution in [0.4, 0.5) is 4.79 Å². The molecule has 1 unspecified atom stereocenters. The number of rotatable bonds is 5. The maximum atomic E-state index is 12.8. The van der Waals surface area contributed by atoms with E-state index in [-0.39, 0.29) is 17.9 Å². The summed E-state index contributed by atoms with van der Waals surface area (Å²) in [5.74, 6) is 1.79.